The molecule has 5 rings (SSSR count). The Bertz CT molecular complexity index is 1290. The lowest BCUT2D eigenvalue weighted by molar-refractivity contribution is 0.100. The van der Waals surface area contributed by atoms with Crippen LogP contribution in [0.3, 0.4) is 0 Å². The minimum Gasteiger partial charge on any atom is -0.290 e. The summed E-state index contributed by atoms with van der Waals surface area (Å²) in [5, 5.41) is 0.725. The molecule has 1 aliphatic carbocycles. The number of carbonyl (C=O) groups excluding carboxylic acids is 1. The first-order chi connectivity index (χ1) is 15.2. The molecule has 156 valence electrons. The summed E-state index contributed by atoms with van der Waals surface area (Å²) in [7, 11) is 0. The zero-order valence-corrected chi connectivity index (χ0v) is 18.7. The second-order valence-electron chi connectivity index (χ2n) is 7.73. The topological polar surface area (TPSA) is 52.0 Å². The molecule has 4 nitrogen and oxygen atoms in total. The molecule has 0 unspecified atom stereocenters. The van der Waals surface area contributed by atoms with Crippen molar-refractivity contribution in [2.24, 2.45) is 0 Å². The highest BCUT2D eigenvalue weighted by Gasteiger charge is 2.24. The van der Waals surface area contributed by atoms with E-state index in [2.05, 4.69) is 0 Å². The number of ketones is 1. The predicted octanol–water partition coefficient (Wildman–Crippen LogP) is 5.36. The molecule has 31 heavy (non-hydrogen) atoms. The van der Waals surface area contributed by atoms with Crippen molar-refractivity contribution in [3.63, 3.8) is 0 Å². The van der Waals surface area contributed by atoms with E-state index in [9.17, 15) is 9.59 Å². The van der Waals surface area contributed by atoms with Gasteiger partial charge in [0.1, 0.15) is 4.83 Å². The Labute approximate surface area is 189 Å². The normalized spacial score (nSPS) is 13.3. The average molecular weight is 447 g/mol. The number of thiophene rings is 1. The molecule has 2 aromatic carbocycles. The summed E-state index contributed by atoms with van der Waals surface area (Å²) in [6.07, 6.45) is 4.18. The number of aryl methyl sites for hydroxylation is 2. The molecule has 6 heteroatoms. The van der Waals surface area contributed by atoms with Gasteiger partial charge in [0.05, 0.1) is 17.7 Å². The summed E-state index contributed by atoms with van der Waals surface area (Å²) < 4.78 is 1.59. The number of thioether (sulfide) groups is 1. The third-order valence-electron chi connectivity index (χ3n) is 5.62. The molecule has 2 aromatic heterocycles. The van der Waals surface area contributed by atoms with Gasteiger partial charge in [0, 0.05) is 9.77 Å². The van der Waals surface area contributed by atoms with Gasteiger partial charge in [-0.1, -0.05) is 48.5 Å². The second kappa shape index (κ2) is 8.81. The zero-order chi connectivity index (χ0) is 21.2. The van der Waals surface area contributed by atoms with E-state index in [1.807, 2.05) is 60.7 Å². The van der Waals surface area contributed by atoms with E-state index in [1.54, 1.807) is 15.9 Å². The van der Waals surface area contributed by atoms with Crippen molar-refractivity contribution < 1.29 is 4.79 Å². The first-order valence-corrected chi connectivity index (χ1v) is 12.3. The maximum atomic E-state index is 13.6. The van der Waals surface area contributed by atoms with Crippen molar-refractivity contribution in [2.45, 2.75) is 37.1 Å². The van der Waals surface area contributed by atoms with Crippen LogP contribution in [0.2, 0.25) is 0 Å². The van der Waals surface area contributed by atoms with Crippen LogP contribution in [0.5, 0.6) is 0 Å². The van der Waals surface area contributed by atoms with Crippen LogP contribution in [-0.2, 0) is 19.4 Å². The lowest BCUT2D eigenvalue weighted by Gasteiger charge is -2.13. The summed E-state index contributed by atoms with van der Waals surface area (Å²) in [4.78, 5) is 34.6. The second-order valence-corrected chi connectivity index (χ2v) is 9.86. The molecule has 0 saturated heterocycles. The highest BCUT2D eigenvalue weighted by Crippen LogP contribution is 2.34. The minimum absolute atomic E-state index is 0.0821. The van der Waals surface area contributed by atoms with Crippen LogP contribution in [0, 0.1) is 0 Å². The largest absolute Gasteiger partial charge is 0.290 e. The molecule has 0 amide bonds. The summed E-state index contributed by atoms with van der Waals surface area (Å²) in [6, 6.07) is 19.6. The Morgan fingerprint density at radius 2 is 1.71 bits per heavy atom. The van der Waals surface area contributed by atoms with Crippen LogP contribution in [0.15, 0.2) is 70.4 Å². The molecule has 0 radical (unpaired) electrons. The number of hydrogen-bond donors (Lipinski definition) is 0. The van der Waals surface area contributed by atoms with E-state index in [0.717, 1.165) is 47.1 Å². The van der Waals surface area contributed by atoms with Gasteiger partial charge < -0.3 is 0 Å². The standard InChI is InChI=1S/C25H22N2O2S2/c28-20(16-30-18-11-5-2-6-12-18)23-26-24-22(19-13-7-8-14-21(19)31-24)25(29)27(23)15-17-9-3-1-4-10-17/h1-6,9-12H,7-8,13-16H2. The molecular formula is C25H22N2O2S2. The van der Waals surface area contributed by atoms with Crippen molar-refractivity contribution in [1.82, 2.24) is 9.55 Å². The first-order valence-electron chi connectivity index (χ1n) is 10.5. The van der Waals surface area contributed by atoms with Gasteiger partial charge >= 0.3 is 0 Å². The lowest BCUT2D eigenvalue weighted by Crippen LogP contribution is -2.29. The number of hydrogen-bond acceptors (Lipinski definition) is 5. The number of fused-ring (bicyclic) bond motifs is 3. The van der Waals surface area contributed by atoms with E-state index in [4.69, 9.17) is 4.98 Å². The smallest absolute Gasteiger partial charge is 0.263 e. The van der Waals surface area contributed by atoms with Gasteiger partial charge in [0.15, 0.2) is 5.82 Å². The third kappa shape index (κ3) is 4.10. The fourth-order valence-electron chi connectivity index (χ4n) is 4.09. The van der Waals surface area contributed by atoms with Crippen LogP contribution < -0.4 is 5.56 Å². The fourth-order valence-corrected chi connectivity index (χ4v) is 6.12. The van der Waals surface area contributed by atoms with E-state index >= 15 is 0 Å². The summed E-state index contributed by atoms with van der Waals surface area (Å²) in [5.41, 5.74) is 2.06. The lowest BCUT2D eigenvalue weighted by atomic mass is 9.97. The van der Waals surface area contributed by atoms with Crippen LogP contribution in [-0.4, -0.2) is 21.1 Å². The van der Waals surface area contributed by atoms with Gasteiger partial charge in [-0.3, -0.25) is 14.2 Å². The fraction of sp³-hybridized carbons (Fsp3) is 0.240. The monoisotopic (exact) mass is 446 g/mol. The van der Waals surface area contributed by atoms with Crippen molar-refractivity contribution in [1.29, 1.82) is 0 Å². The molecule has 0 spiro atoms. The number of carbonyl (C=O) groups is 1. The number of aromatic nitrogens is 2. The third-order valence-corrected chi connectivity index (χ3v) is 7.82. The van der Waals surface area contributed by atoms with Crippen LogP contribution >= 0.6 is 23.1 Å². The summed E-state index contributed by atoms with van der Waals surface area (Å²) in [5.74, 6) is 0.403. The molecule has 2 heterocycles. The maximum absolute atomic E-state index is 13.6. The van der Waals surface area contributed by atoms with Gasteiger partial charge in [0.25, 0.3) is 5.56 Å². The molecule has 4 aromatic rings. The molecule has 0 fully saturated rings. The molecule has 0 saturated carbocycles. The van der Waals surface area contributed by atoms with E-state index in [0.29, 0.717) is 11.4 Å². The van der Waals surface area contributed by atoms with Crippen molar-refractivity contribution >= 4 is 39.1 Å². The number of benzene rings is 2. The average Bonchev–Trinajstić information content (AvgIpc) is 3.19. The van der Waals surface area contributed by atoms with Gasteiger partial charge in [0.2, 0.25) is 5.78 Å². The van der Waals surface area contributed by atoms with E-state index in [1.165, 1.54) is 16.6 Å². The Hall–Kier alpha value is -2.70. The Morgan fingerprint density at radius 1 is 1.00 bits per heavy atom. The van der Waals surface area contributed by atoms with Gasteiger partial charge in [-0.25, -0.2) is 4.98 Å². The van der Waals surface area contributed by atoms with Crippen molar-refractivity contribution in [3.05, 3.63) is 92.8 Å². The molecular weight excluding hydrogens is 424 g/mol. The van der Waals surface area contributed by atoms with Crippen LogP contribution in [0.25, 0.3) is 10.2 Å². The first kappa shape index (κ1) is 20.2. The Kier molecular flexibility index (Phi) is 5.74. The van der Waals surface area contributed by atoms with Gasteiger partial charge in [-0.05, 0) is 48.9 Å². The van der Waals surface area contributed by atoms with Crippen LogP contribution in [0.4, 0.5) is 0 Å². The van der Waals surface area contributed by atoms with Gasteiger partial charge in [-0.15, -0.1) is 23.1 Å². The predicted molar refractivity (Wildman–Crippen MR) is 128 cm³/mol. The molecule has 0 aliphatic heterocycles. The number of Topliss-reactive ketones (excluding diaryl/α,β-unsaturated/α-hetero) is 1. The summed E-state index contributed by atoms with van der Waals surface area (Å²) >= 11 is 3.07. The molecule has 0 N–H and O–H groups in total. The molecule has 0 bridgehead atoms. The number of rotatable bonds is 6. The van der Waals surface area contributed by atoms with Gasteiger partial charge in [-0.2, -0.15) is 0 Å². The highest BCUT2D eigenvalue weighted by molar-refractivity contribution is 8.00. The van der Waals surface area contributed by atoms with Crippen molar-refractivity contribution in [2.75, 3.05) is 5.75 Å². The zero-order valence-electron chi connectivity index (χ0n) is 17.0. The van der Waals surface area contributed by atoms with Crippen molar-refractivity contribution in [3.8, 4) is 0 Å². The summed E-state index contributed by atoms with van der Waals surface area (Å²) in [6.45, 7) is 0.351. The van der Waals surface area contributed by atoms with E-state index < -0.39 is 0 Å². The highest BCUT2D eigenvalue weighted by atomic mass is 32.2. The Balaban J connectivity index is 1.58. The molecule has 1 aliphatic rings. The number of nitrogens with zero attached hydrogens (tertiary/aromatic N) is 2. The van der Waals surface area contributed by atoms with E-state index in [-0.39, 0.29) is 22.9 Å². The quantitative estimate of drug-likeness (QED) is 0.296. The minimum atomic E-state index is -0.116. The maximum Gasteiger partial charge on any atom is 0.263 e. The molecule has 0 atom stereocenters. The van der Waals surface area contributed by atoms with Crippen LogP contribution in [0.1, 0.15) is 39.5 Å². The Morgan fingerprint density at radius 3 is 2.48 bits per heavy atom. The SMILES string of the molecule is O=C(CSc1ccccc1)c1nc2sc3c(c2c(=O)n1Cc1ccccc1)CCCC3.